The molecule has 28 heavy (non-hydrogen) atoms. The maximum absolute atomic E-state index is 12.7. The van der Waals surface area contributed by atoms with Crippen LogP contribution < -0.4 is 16.1 Å². The topological polar surface area (TPSA) is 108 Å². The molecule has 8 heteroatoms. The van der Waals surface area contributed by atoms with Gasteiger partial charge in [-0.05, 0) is 44.4 Å². The summed E-state index contributed by atoms with van der Waals surface area (Å²) in [5, 5.41) is 5.23. The van der Waals surface area contributed by atoms with Gasteiger partial charge in [-0.15, -0.1) is 0 Å². The Bertz CT molecular complexity index is 837. The average molecular weight is 385 g/mol. The maximum atomic E-state index is 12.7. The molecule has 1 aliphatic rings. The summed E-state index contributed by atoms with van der Waals surface area (Å²) in [5.41, 5.74) is 2.43. The van der Waals surface area contributed by atoms with Crippen molar-refractivity contribution in [3.8, 4) is 0 Å². The number of aryl methyl sites for hydroxylation is 1. The standard InChI is InChI=1S/C20H24N4O4/c1-14(16-9-6-12-28-16)21-13-17(25)23-24-18(26)20(2,22-19(24)27)11-10-15-7-4-3-5-8-15/h3-9,12,14,21H,10-11,13H2,1-2H3,(H,22,27)(H,23,25)/p+1/t14-,20+/m0/s1. The fraction of sp³-hybridized carbons (Fsp3) is 0.350. The first-order valence-corrected chi connectivity index (χ1v) is 9.26. The summed E-state index contributed by atoms with van der Waals surface area (Å²) in [4.78, 5) is 37.2. The van der Waals surface area contributed by atoms with Crippen molar-refractivity contribution in [1.82, 2.24) is 15.8 Å². The predicted molar refractivity (Wildman–Crippen MR) is 101 cm³/mol. The quantitative estimate of drug-likeness (QED) is 0.586. The number of nitrogens with two attached hydrogens (primary N) is 1. The minimum absolute atomic E-state index is 0.0552. The van der Waals surface area contributed by atoms with Crippen LogP contribution >= 0.6 is 0 Å². The second-order valence-corrected chi connectivity index (χ2v) is 7.17. The highest BCUT2D eigenvalue weighted by Gasteiger charge is 2.48. The van der Waals surface area contributed by atoms with E-state index < -0.39 is 23.4 Å². The van der Waals surface area contributed by atoms with Crippen molar-refractivity contribution in [2.75, 3.05) is 6.54 Å². The van der Waals surface area contributed by atoms with Crippen LogP contribution in [-0.2, 0) is 16.0 Å². The van der Waals surface area contributed by atoms with Gasteiger partial charge in [0, 0.05) is 0 Å². The smallest absolute Gasteiger partial charge is 0.344 e. The summed E-state index contributed by atoms with van der Waals surface area (Å²) in [6.45, 7) is 3.63. The molecule has 1 fully saturated rings. The number of nitrogens with zero attached hydrogens (tertiary/aromatic N) is 1. The van der Waals surface area contributed by atoms with E-state index in [0.29, 0.717) is 12.8 Å². The Kier molecular flexibility index (Phi) is 5.79. The molecule has 2 atom stereocenters. The molecule has 8 nitrogen and oxygen atoms in total. The first-order valence-electron chi connectivity index (χ1n) is 9.26. The van der Waals surface area contributed by atoms with E-state index in [9.17, 15) is 14.4 Å². The monoisotopic (exact) mass is 385 g/mol. The first kappa shape index (κ1) is 19.6. The number of urea groups is 1. The molecule has 148 valence electrons. The third-order valence-corrected chi connectivity index (χ3v) is 4.90. The summed E-state index contributed by atoms with van der Waals surface area (Å²) < 4.78 is 5.29. The van der Waals surface area contributed by atoms with E-state index in [1.165, 1.54) is 0 Å². The van der Waals surface area contributed by atoms with Crippen molar-refractivity contribution >= 4 is 17.8 Å². The van der Waals surface area contributed by atoms with Gasteiger partial charge in [0.2, 0.25) is 0 Å². The van der Waals surface area contributed by atoms with Crippen LogP contribution in [0.2, 0.25) is 0 Å². The van der Waals surface area contributed by atoms with E-state index in [1.807, 2.05) is 43.3 Å². The number of imide groups is 1. The zero-order valence-corrected chi connectivity index (χ0v) is 16.0. The van der Waals surface area contributed by atoms with Gasteiger partial charge in [0.25, 0.3) is 11.8 Å². The van der Waals surface area contributed by atoms with Crippen LogP contribution in [0.15, 0.2) is 53.1 Å². The van der Waals surface area contributed by atoms with E-state index in [1.54, 1.807) is 24.6 Å². The van der Waals surface area contributed by atoms with Gasteiger partial charge in [0.15, 0.2) is 12.3 Å². The number of nitrogens with one attached hydrogen (secondary N) is 2. The summed E-state index contributed by atoms with van der Waals surface area (Å²) in [6.07, 6.45) is 2.65. The number of hydrazine groups is 1. The lowest BCUT2D eigenvalue weighted by Gasteiger charge is -2.21. The van der Waals surface area contributed by atoms with Gasteiger partial charge in [-0.3, -0.25) is 15.0 Å². The molecule has 0 aliphatic carbocycles. The zero-order chi connectivity index (χ0) is 20.1. The van der Waals surface area contributed by atoms with E-state index in [-0.39, 0.29) is 12.6 Å². The van der Waals surface area contributed by atoms with E-state index in [2.05, 4.69) is 10.7 Å². The Labute approximate surface area is 163 Å². The molecule has 4 N–H and O–H groups in total. The number of carbonyl (C=O) groups is 3. The molecule has 0 unspecified atom stereocenters. The lowest BCUT2D eigenvalue weighted by atomic mass is 9.93. The van der Waals surface area contributed by atoms with Gasteiger partial charge < -0.3 is 15.1 Å². The number of rotatable bonds is 8. The minimum atomic E-state index is -1.05. The van der Waals surface area contributed by atoms with Crippen molar-refractivity contribution < 1.29 is 24.1 Å². The molecule has 1 aromatic heterocycles. The third kappa shape index (κ3) is 4.40. The summed E-state index contributed by atoms with van der Waals surface area (Å²) in [6, 6.07) is 12.7. The van der Waals surface area contributed by atoms with Gasteiger partial charge in [-0.2, -0.15) is 5.01 Å². The Hall–Kier alpha value is -3.13. The highest BCUT2D eigenvalue weighted by molar-refractivity contribution is 6.07. The second-order valence-electron chi connectivity index (χ2n) is 7.17. The third-order valence-electron chi connectivity index (χ3n) is 4.90. The normalized spacial score (nSPS) is 20.1. The van der Waals surface area contributed by atoms with Crippen LogP contribution in [-0.4, -0.2) is 34.9 Å². The van der Waals surface area contributed by atoms with Crippen LogP contribution in [0.1, 0.15) is 37.6 Å². The molecule has 3 rings (SSSR count). The predicted octanol–water partition coefficient (Wildman–Crippen LogP) is 0.879. The van der Waals surface area contributed by atoms with Crippen molar-refractivity contribution in [2.45, 2.75) is 38.3 Å². The average Bonchev–Trinajstić information content (AvgIpc) is 3.29. The largest absolute Gasteiger partial charge is 0.463 e. The van der Waals surface area contributed by atoms with Crippen molar-refractivity contribution in [3.05, 3.63) is 60.1 Å². The number of carbonyl (C=O) groups excluding carboxylic acids is 3. The summed E-state index contributed by atoms with van der Waals surface area (Å²) >= 11 is 0. The SMILES string of the molecule is C[C@H]([NH2+]CC(=O)NN1C(=O)N[C@](C)(CCc2ccccc2)C1=O)c1ccco1. The number of quaternary nitrogens is 1. The van der Waals surface area contributed by atoms with Crippen LogP contribution in [0.25, 0.3) is 0 Å². The number of hydrogen-bond donors (Lipinski definition) is 3. The molecule has 4 amide bonds. The molecule has 1 aromatic carbocycles. The fourth-order valence-electron chi connectivity index (χ4n) is 3.12. The lowest BCUT2D eigenvalue weighted by molar-refractivity contribution is -0.684. The molecule has 2 heterocycles. The van der Waals surface area contributed by atoms with Gasteiger partial charge in [-0.25, -0.2) is 4.79 Å². The molecular formula is C20H25N4O4+. The molecule has 1 saturated heterocycles. The zero-order valence-electron chi connectivity index (χ0n) is 16.0. The van der Waals surface area contributed by atoms with Crippen molar-refractivity contribution in [2.24, 2.45) is 0 Å². The Morgan fingerprint density at radius 1 is 1.25 bits per heavy atom. The van der Waals surface area contributed by atoms with E-state index in [4.69, 9.17) is 4.42 Å². The minimum Gasteiger partial charge on any atom is -0.463 e. The van der Waals surface area contributed by atoms with Crippen LogP contribution in [0.3, 0.4) is 0 Å². The van der Waals surface area contributed by atoms with Crippen LogP contribution in [0.5, 0.6) is 0 Å². The van der Waals surface area contributed by atoms with Gasteiger partial charge in [0.05, 0.1) is 6.26 Å². The first-order chi connectivity index (χ1) is 13.4. The van der Waals surface area contributed by atoms with Crippen LogP contribution in [0.4, 0.5) is 4.79 Å². The second kappa shape index (κ2) is 8.26. The maximum Gasteiger partial charge on any atom is 0.344 e. The van der Waals surface area contributed by atoms with Crippen LogP contribution in [0, 0.1) is 0 Å². The molecule has 0 radical (unpaired) electrons. The van der Waals surface area contributed by atoms with Gasteiger partial charge in [-0.1, -0.05) is 30.3 Å². The lowest BCUT2D eigenvalue weighted by Crippen LogP contribution is -2.87. The van der Waals surface area contributed by atoms with Crippen molar-refractivity contribution in [3.63, 3.8) is 0 Å². The summed E-state index contributed by atoms with van der Waals surface area (Å²) in [5.74, 6) is -0.147. The van der Waals surface area contributed by atoms with E-state index in [0.717, 1.165) is 16.3 Å². The highest BCUT2D eigenvalue weighted by atomic mass is 16.3. The molecule has 0 saturated carbocycles. The number of benzene rings is 1. The molecular weight excluding hydrogens is 360 g/mol. The molecule has 0 spiro atoms. The highest BCUT2D eigenvalue weighted by Crippen LogP contribution is 2.22. The Morgan fingerprint density at radius 2 is 2.00 bits per heavy atom. The number of amides is 4. The fourth-order valence-corrected chi connectivity index (χ4v) is 3.12. The van der Waals surface area contributed by atoms with E-state index >= 15 is 0 Å². The molecule has 2 aromatic rings. The molecule has 0 bridgehead atoms. The van der Waals surface area contributed by atoms with Gasteiger partial charge >= 0.3 is 6.03 Å². The molecule has 1 aliphatic heterocycles. The number of furan rings is 1. The Morgan fingerprint density at radius 3 is 2.68 bits per heavy atom. The van der Waals surface area contributed by atoms with Gasteiger partial charge in [0.1, 0.15) is 11.6 Å². The number of hydrogen-bond acceptors (Lipinski definition) is 4. The summed E-state index contributed by atoms with van der Waals surface area (Å²) in [7, 11) is 0. The Balaban J connectivity index is 1.53. The van der Waals surface area contributed by atoms with Crippen molar-refractivity contribution in [1.29, 1.82) is 0 Å².